The van der Waals surface area contributed by atoms with Gasteiger partial charge in [-0.15, -0.1) is 0 Å². The summed E-state index contributed by atoms with van der Waals surface area (Å²) >= 11 is 0. The smallest absolute Gasteiger partial charge is 0.241 e. The molecule has 0 saturated heterocycles. The average molecular weight is 312 g/mol. The van der Waals surface area contributed by atoms with Gasteiger partial charge in [-0.2, -0.15) is 0 Å². The molecule has 21 heavy (non-hydrogen) atoms. The molecule has 0 radical (unpaired) electrons. The van der Waals surface area contributed by atoms with Crippen LogP contribution < -0.4 is 14.8 Å². The Kier molecular flexibility index (Phi) is 5.24. The van der Waals surface area contributed by atoms with Crippen LogP contribution in [-0.4, -0.2) is 34.2 Å². The Morgan fingerprint density at radius 2 is 1.81 bits per heavy atom. The van der Waals surface area contributed by atoms with Gasteiger partial charge in [0.05, 0.1) is 4.90 Å². The van der Waals surface area contributed by atoms with E-state index in [4.69, 9.17) is 4.74 Å². The van der Waals surface area contributed by atoms with E-state index in [0.717, 1.165) is 32.2 Å². The minimum Gasteiger partial charge on any atom is -0.492 e. The standard InChI is InChI=1S/C15H24N2O3S/c1-15(9-3-4-10-15)17-21(18,19)14-7-5-13(6-8-14)20-12-11-16-2/h5-8,16-17H,3-4,9-12H2,1-2H3. The number of sulfonamides is 1. The number of hydrogen-bond donors (Lipinski definition) is 2. The third kappa shape index (κ3) is 4.43. The van der Waals surface area contributed by atoms with Crippen molar-refractivity contribution in [1.82, 2.24) is 10.0 Å². The van der Waals surface area contributed by atoms with Gasteiger partial charge in [-0.3, -0.25) is 0 Å². The van der Waals surface area contributed by atoms with Crippen LogP contribution in [0.3, 0.4) is 0 Å². The summed E-state index contributed by atoms with van der Waals surface area (Å²) in [6.45, 7) is 3.28. The van der Waals surface area contributed by atoms with Crippen molar-refractivity contribution in [2.24, 2.45) is 0 Å². The van der Waals surface area contributed by atoms with Gasteiger partial charge in [0, 0.05) is 12.1 Å². The maximum atomic E-state index is 12.4. The van der Waals surface area contributed by atoms with E-state index in [1.165, 1.54) is 0 Å². The molecule has 0 amide bonds. The molecule has 6 heteroatoms. The lowest BCUT2D eigenvalue weighted by atomic mass is 10.0. The minimum absolute atomic E-state index is 0.289. The molecule has 0 aliphatic heterocycles. The first-order valence-electron chi connectivity index (χ1n) is 7.37. The quantitative estimate of drug-likeness (QED) is 0.755. The van der Waals surface area contributed by atoms with Crippen molar-refractivity contribution in [2.45, 2.75) is 43.0 Å². The number of ether oxygens (including phenoxy) is 1. The van der Waals surface area contributed by atoms with Crippen LogP contribution in [0.4, 0.5) is 0 Å². The molecule has 1 saturated carbocycles. The van der Waals surface area contributed by atoms with E-state index in [0.29, 0.717) is 12.4 Å². The van der Waals surface area contributed by atoms with E-state index < -0.39 is 10.0 Å². The van der Waals surface area contributed by atoms with Gasteiger partial charge in [0.25, 0.3) is 0 Å². The molecule has 118 valence electrons. The molecule has 1 aromatic carbocycles. The highest BCUT2D eigenvalue weighted by Crippen LogP contribution is 2.30. The number of likely N-dealkylation sites (N-methyl/N-ethyl adjacent to an activating group) is 1. The van der Waals surface area contributed by atoms with E-state index in [1.54, 1.807) is 24.3 Å². The van der Waals surface area contributed by atoms with Gasteiger partial charge in [0.2, 0.25) is 10.0 Å². The third-order valence-electron chi connectivity index (χ3n) is 3.84. The summed E-state index contributed by atoms with van der Waals surface area (Å²) in [6.07, 6.45) is 3.96. The lowest BCUT2D eigenvalue weighted by Crippen LogP contribution is -2.43. The van der Waals surface area contributed by atoms with Crippen molar-refractivity contribution in [3.05, 3.63) is 24.3 Å². The van der Waals surface area contributed by atoms with Crippen LogP contribution in [0.15, 0.2) is 29.2 Å². The molecule has 1 aliphatic carbocycles. The van der Waals surface area contributed by atoms with Gasteiger partial charge >= 0.3 is 0 Å². The van der Waals surface area contributed by atoms with Gasteiger partial charge in [0.15, 0.2) is 0 Å². The first-order valence-corrected chi connectivity index (χ1v) is 8.85. The number of benzene rings is 1. The molecule has 0 bridgehead atoms. The Bertz CT molecular complexity index is 549. The largest absolute Gasteiger partial charge is 0.492 e. The first kappa shape index (κ1) is 16.3. The zero-order valence-corrected chi connectivity index (χ0v) is 13.5. The molecule has 0 unspecified atom stereocenters. The summed E-state index contributed by atoms with van der Waals surface area (Å²) in [5.41, 5.74) is -0.305. The van der Waals surface area contributed by atoms with Crippen LogP contribution in [0.25, 0.3) is 0 Å². The fraction of sp³-hybridized carbons (Fsp3) is 0.600. The molecule has 1 aliphatic rings. The predicted molar refractivity (Wildman–Crippen MR) is 83.1 cm³/mol. The van der Waals surface area contributed by atoms with E-state index in [9.17, 15) is 8.42 Å². The normalized spacial score (nSPS) is 17.8. The zero-order chi connectivity index (χ0) is 15.3. The minimum atomic E-state index is -3.46. The van der Waals surface area contributed by atoms with Gasteiger partial charge in [-0.25, -0.2) is 13.1 Å². The zero-order valence-electron chi connectivity index (χ0n) is 12.7. The molecule has 5 nitrogen and oxygen atoms in total. The molecular weight excluding hydrogens is 288 g/mol. The number of hydrogen-bond acceptors (Lipinski definition) is 4. The molecule has 1 fully saturated rings. The average Bonchev–Trinajstić information content (AvgIpc) is 2.85. The first-order chi connectivity index (χ1) is 9.95. The maximum Gasteiger partial charge on any atom is 0.241 e. The lowest BCUT2D eigenvalue weighted by Gasteiger charge is -2.24. The van der Waals surface area contributed by atoms with E-state index >= 15 is 0 Å². The SMILES string of the molecule is CNCCOc1ccc(S(=O)(=O)NC2(C)CCCC2)cc1. The summed E-state index contributed by atoms with van der Waals surface area (Å²) < 4.78 is 33.1. The van der Waals surface area contributed by atoms with Gasteiger partial charge in [0.1, 0.15) is 12.4 Å². The highest BCUT2D eigenvalue weighted by molar-refractivity contribution is 7.89. The Morgan fingerprint density at radius 1 is 1.19 bits per heavy atom. The Balaban J connectivity index is 2.03. The summed E-state index contributed by atoms with van der Waals surface area (Å²) in [6, 6.07) is 6.58. The van der Waals surface area contributed by atoms with Gasteiger partial charge < -0.3 is 10.1 Å². The van der Waals surface area contributed by atoms with Gasteiger partial charge in [-0.1, -0.05) is 12.8 Å². The Hall–Kier alpha value is -1.11. The summed E-state index contributed by atoms with van der Waals surface area (Å²) in [5.74, 6) is 0.677. The predicted octanol–water partition coefficient (Wildman–Crippen LogP) is 1.90. The molecule has 2 N–H and O–H groups in total. The van der Waals surface area contributed by atoms with Crippen molar-refractivity contribution in [1.29, 1.82) is 0 Å². The fourth-order valence-corrected chi connectivity index (χ4v) is 4.09. The molecular formula is C15H24N2O3S. The van der Waals surface area contributed by atoms with Crippen LogP contribution in [0.5, 0.6) is 5.75 Å². The van der Waals surface area contributed by atoms with Crippen LogP contribution in [0.1, 0.15) is 32.6 Å². The van der Waals surface area contributed by atoms with E-state index in [-0.39, 0.29) is 10.4 Å². The second kappa shape index (κ2) is 6.77. The lowest BCUT2D eigenvalue weighted by molar-refractivity contribution is 0.318. The van der Waals surface area contributed by atoms with Crippen molar-refractivity contribution in [3.8, 4) is 5.75 Å². The molecule has 0 spiro atoms. The van der Waals surface area contributed by atoms with Crippen molar-refractivity contribution in [2.75, 3.05) is 20.2 Å². The summed E-state index contributed by atoms with van der Waals surface area (Å²) in [4.78, 5) is 0.289. The molecule has 0 heterocycles. The number of nitrogens with one attached hydrogen (secondary N) is 2. The monoisotopic (exact) mass is 312 g/mol. The highest BCUT2D eigenvalue weighted by Gasteiger charge is 2.33. The van der Waals surface area contributed by atoms with Crippen molar-refractivity contribution in [3.63, 3.8) is 0 Å². The molecule has 2 rings (SSSR count). The topological polar surface area (TPSA) is 67.4 Å². The van der Waals surface area contributed by atoms with E-state index in [1.807, 2.05) is 14.0 Å². The van der Waals surface area contributed by atoms with Gasteiger partial charge in [-0.05, 0) is 51.1 Å². The molecule has 0 atom stereocenters. The second-order valence-corrected chi connectivity index (χ2v) is 7.48. The van der Waals surface area contributed by atoms with Crippen molar-refractivity contribution >= 4 is 10.0 Å². The fourth-order valence-electron chi connectivity index (χ4n) is 2.63. The summed E-state index contributed by atoms with van der Waals surface area (Å²) in [5, 5.41) is 2.99. The number of rotatable bonds is 7. The van der Waals surface area contributed by atoms with Crippen LogP contribution in [-0.2, 0) is 10.0 Å². The summed E-state index contributed by atoms with van der Waals surface area (Å²) in [7, 11) is -1.61. The highest BCUT2D eigenvalue weighted by atomic mass is 32.2. The molecule has 0 aromatic heterocycles. The Morgan fingerprint density at radius 3 is 2.38 bits per heavy atom. The molecule has 1 aromatic rings. The van der Waals surface area contributed by atoms with Crippen LogP contribution in [0.2, 0.25) is 0 Å². The second-order valence-electron chi connectivity index (χ2n) is 5.80. The van der Waals surface area contributed by atoms with Crippen molar-refractivity contribution < 1.29 is 13.2 Å². The van der Waals surface area contributed by atoms with Crippen LogP contribution in [0, 0.1) is 0 Å². The van der Waals surface area contributed by atoms with Crippen LogP contribution >= 0.6 is 0 Å². The maximum absolute atomic E-state index is 12.4. The Labute approximate surface area is 127 Å². The van der Waals surface area contributed by atoms with E-state index in [2.05, 4.69) is 10.0 Å². The third-order valence-corrected chi connectivity index (χ3v) is 5.50.